The van der Waals surface area contributed by atoms with Crippen molar-refractivity contribution in [2.24, 2.45) is 0 Å². The minimum absolute atomic E-state index is 0.0462. The van der Waals surface area contributed by atoms with Gasteiger partial charge in [-0.1, -0.05) is 11.8 Å². The van der Waals surface area contributed by atoms with Crippen molar-refractivity contribution in [3.05, 3.63) is 40.1 Å². The van der Waals surface area contributed by atoms with E-state index in [9.17, 15) is 4.79 Å². The number of methoxy groups -OCH3 is 2. The molecular weight excluding hydrogens is 360 g/mol. The van der Waals surface area contributed by atoms with Crippen LogP contribution in [-0.4, -0.2) is 36.0 Å². The first-order valence-corrected chi connectivity index (χ1v) is 9.19. The van der Waals surface area contributed by atoms with E-state index in [-0.39, 0.29) is 11.5 Å². The summed E-state index contributed by atoms with van der Waals surface area (Å²) in [4.78, 5) is 14.0. The number of aromatic nitrogens is 2. The predicted octanol–water partition coefficient (Wildman–Crippen LogP) is 4.10. The van der Waals surface area contributed by atoms with E-state index in [1.165, 1.54) is 23.1 Å². The molecule has 25 heavy (non-hydrogen) atoms. The molecule has 0 unspecified atom stereocenters. The maximum absolute atomic E-state index is 12.1. The van der Waals surface area contributed by atoms with Crippen molar-refractivity contribution in [2.75, 3.05) is 20.0 Å². The second-order valence-corrected chi connectivity index (χ2v) is 7.28. The third kappa shape index (κ3) is 4.02. The van der Waals surface area contributed by atoms with Gasteiger partial charge >= 0.3 is 0 Å². The summed E-state index contributed by atoms with van der Waals surface area (Å²) in [6.45, 7) is 1.97. The van der Waals surface area contributed by atoms with Gasteiger partial charge in [-0.25, -0.2) is 0 Å². The third-order valence-electron chi connectivity index (χ3n) is 3.39. The molecule has 0 aliphatic rings. The Labute approximate surface area is 153 Å². The maximum Gasteiger partial charge on any atom is 0.277 e. The molecule has 3 rings (SSSR count). The highest BCUT2D eigenvalue weighted by atomic mass is 32.2. The third-order valence-corrected chi connectivity index (χ3v) is 5.25. The van der Waals surface area contributed by atoms with Crippen LogP contribution in [0.5, 0.6) is 11.5 Å². The molecule has 0 saturated carbocycles. The molecule has 0 bridgehead atoms. The second-order valence-electron chi connectivity index (χ2n) is 5.06. The number of aryl methyl sites for hydroxylation is 1. The number of Topliss-reactive ketones (excluding diaryl/α,β-unsaturated/α-hetero) is 1. The van der Waals surface area contributed by atoms with Crippen LogP contribution >= 0.6 is 23.1 Å². The second kappa shape index (κ2) is 7.71. The zero-order valence-electron chi connectivity index (χ0n) is 13.9. The molecule has 2 heterocycles. The van der Waals surface area contributed by atoms with Crippen LogP contribution in [0.4, 0.5) is 0 Å². The fourth-order valence-electron chi connectivity index (χ4n) is 2.13. The molecule has 0 N–H and O–H groups in total. The fourth-order valence-corrected chi connectivity index (χ4v) is 3.68. The average Bonchev–Trinajstić information content (AvgIpc) is 3.28. The molecule has 0 aliphatic heterocycles. The molecule has 1 aromatic carbocycles. The van der Waals surface area contributed by atoms with E-state index < -0.39 is 0 Å². The highest BCUT2D eigenvalue weighted by molar-refractivity contribution is 7.99. The number of ether oxygens (including phenoxy) is 2. The van der Waals surface area contributed by atoms with E-state index >= 15 is 0 Å². The molecule has 0 radical (unpaired) electrons. The quantitative estimate of drug-likeness (QED) is 0.454. The highest BCUT2D eigenvalue weighted by Crippen LogP contribution is 2.33. The summed E-state index contributed by atoms with van der Waals surface area (Å²) in [6, 6.07) is 9.10. The summed E-state index contributed by atoms with van der Waals surface area (Å²) in [6.07, 6.45) is 0. The highest BCUT2D eigenvalue weighted by Gasteiger charge is 2.16. The van der Waals surface area contributed by atoms with Gasteiger partial charge in [-0.2, -0.15) is 0 Å². The van der Waals surface area contributed by atoms with Gasteiger partial charge in [0.05, 0.1) is 30.4 Å². The molecule has 0 saturated heterocycles. The van der Waals surface area contributed by atoms with Crippen LogP contribution in [0, 0.1) is 6.92 Å². The minimum Gasteiger partial charge on any atom is -0.497 e. The van der Waals surface area contributed by atoms with Crippen molar-refractivity contribution in [3.8, 4) is 23.0 Å². The predicted molar refractivity (Wildman–Crippen MR) is 96.9 cm³/mol. The Morgan fingerprint density at radius 1 is 1.20 bits per heavy atom. The van der Waals surface area contributed by atoms with E-state index in [4.69, 9.17) is 13.9 Å². The number of thioether (sulfide) groups is 1. The van der Waals surface area contributed by atoms with Crippen molar-refractivity contribution in [3.63, 3.8) is 0 Å². The van der Waals surface area contributed by atoms with Gasteiger partial charge in [-0.3, -0.25) is 4.79 Å². The molecule has 0 fully saturated rings. The Hall–Kier alpha value is -2.32. The van der Waals surface area contributed by atoms with E-state index in [1.54, 1.807) is 32.4 Å². The smallest absolute Gasteiger partial charge is 0.277 e. The molecule has 6 nitrogen and oxygen atoms in total. The molecule has 130 valence electrons. The molecule has 0 amide bonds. The van der Waals surface area contributed by atoms with E-state index in [0.29, 0.717) is 28.2 Å². The van der Waals surface area contributed by atoms with Crippen LogP contribution in [-0.2, 0) is 0 Å². The normalized spacial score (nSPS) is 10.7. The van der Waals surface area contributed by atoms with Gasteiger partial charge in [-0.15, -0.1) is 21.5 Å². The molecule has 0 atom stereocenters. The maximum atomic E-state index is 12.1. The van der Waals surface area contributed by atoms with Gasteiger partial charge < -0.3 is 13.9 Å². The van der Waals surface area contributed by atoms with Gasteiger partial charge in [0.1, 0.15) is 11.5 Å². The SMILES string of the molecule is COc1ccc(-c2nnc(SCC(=O)c3ccc(C)s3)o2)c(OC)c1. The number of benzene rings is 1. The van der Waals surface area contributed by atoms with Crippen LogP contribution in [0.1, 0.15) is 14.5 Å². The Kier molecular flexibility index (Phi) is 5.40. The van der Waals surface area contributed by atoms with Crippen LogP contribution in [0.3, 0.4) is 0 Å². The Morgan fingerprint density at radius 2 is 2.04 bits per heavy atom. The zero-order chi connectivity index (χ0) is 17.8. The lowest BCUT2D eigenvalue weighted by atomic mass is 10.2. The number of ketones is 1. The van der Waals surface area contributed by atoms with Crippen LogP contribution in [0.25, 0.3) is 11.5 Å². The fraction of sp³-hybridized carbons (Fsp3) is 0.235. The van der Waals surface area contributed by atoms with Crippen molar-refractivity contribution >= 4 is 28.9 Å². The Balaban J connectivity index is 1.71. The van der Waals surface area contributed by atoms with Gasteiger partial charge in [0, 0.05) is 10.9 Å². The summed E-state index contributed by atoms with van der Waals surface area (Å²) in [5, 5.41) is 8.37. The first kappa shape index (κ1) is 17.5. The lowest BCUT2D eigenvalue weighted by Crippen LogP contribution is -1.99. The topological polar surface area (TPSA) is 74.5 Å². The van der Waals surface area contributed by atoms with Crippen LogP contribution < -0.4 is 9.47 Å². The first-order chi connectivity index (χ1) is 12.1. The van der Waals surface area contributed by atoms with Crippen molar-refractivity contribution in [1.29, 1.82) is 0 Å². The lowest BCUT2D eigenvalue weighted by molar-refractivity contribution is 0.102. The number of thiophene rings is 1. The van der Waals surface area contributed by atoms with Crippen molar-refractivity contribution in [2.45, 2.75) is 12.1 Å². The van der Waals surface area contributed by atoms with Gasteiger partial charge in [0.2, 0.25) is 0 Å². The minimum atomic E-state index is 0.0462. The summed E-state index contributed by atoms with van der Waals surface area (Å²) in [5.74, 6) is 1.88. The number of nitrogens with zero attached hydrogens (tertiary/aromatic N) is 2. The summed E-state index contributed by atoms with van der Waals surface area (Å²) < 4.78 is 16.2. The van der Waals surface area contributed by atoms with Crippen molar-refractivity contribution < 1.29 is 18.7 Å². The zero-order valence-corrected chi connectivity index (χ0v) is 15.6. The molecule has 0 spiro atoms. The number of hydrogen-bond donors (Lipinski definition) is 0. The van der Waals surface area contributed by atoms with E-state index in [0.717, 1.165) is 9.75 Å². The molecule has 8 heteroatoms. The first-order valence-electron chi connectivity index (χ1n) is 7.39. The molecular formula is C17H16N2O4S2. The molecule has 0 aliphatic carbocycles. The van der Waals surface area contributed by atoms with Gasteiger partial charge in [-0.05, 0) is 31.2 Å². The van der Waals surface area contributed by atoms with Gasteiger partial charge in [0.25, 0.3) is 11.1 Å². The Morgan fingerprint density at radius 3 is 2.72 bits per heavy atom. The van der Waals surface area contributed by atoms with Crippen LogP contribution in [0.15, 0.2) is 40.0 Å². The summed E-state index contributed by atoms with van der Waals surface area (Å²) in [7, 11) is 3.15. The van der Waals surface area contributed by atoms with Gasteiger partial charge in [0.15, 0.2) is 5.78 Å². The number of carbonyl (C=O) groups excluding carboxylic acids is 1. The average molecular weight is 376 g/mol. The number of hydrogen-bond acceptors (Lipinski definition) is 8. The summed E-state index contributed by atoms with van der Waals surface area (Å²) >= 11 is 2.70. The standard InChI is InChI=1S/C17H16N2O4S2/c1-10-4-7-15(25-10)13(20)9-24-17-19-18-16(23-17)12-6-5-11(21-2)8-14(12)22-3/h4-8H,9H2,1-3H3. The number of rotatable bonds is 7. The lowest BCUT2D eigenvalue weighted by Gasteiger charge is -2.07. The monoisotopic (exact) mass is 376 g/mol. The molecule has 2 aromatic heterocycles. The van der Waals surface area contributed by atoms with Crippen molar-refractivity contribution in [1.82, 2.24) is 10.2 Å². The number of carbonyl (C=O) groups is 1. The Bertz CT molecular complexity index is 888. The molecule has 3 aromatic rings. The van der Waals surface area contributed by atoms with E-state index in [2.05, 4.69) is 10.2 Å². The van der Waals surface area contributed by atoms with Crippen LogP contribution in [0.2, 0.25) is 0 Å². The largest absolute Gasteiger partial charge is 0.497 e. The van der Waals surface area contributed by atoms with E-state index in [1.807, 2.05) is 19.1 Å². The summed E-state index contributed by atoms with van der Waals surface area (Å²) in [5.41, 5.74) is 0.669.